The molecule has 0 saturated carbocycles. The van der Waals surface area contributed by atoms with Crippen LogP contribution in [0.3, 0.4) is 0 Å². The highest BCUT2D eigenvalue weighted by Crippen LogP contribution is 2.26. The lowest BCUT2D eigenvalue weighted by Crippen LogP contribution is -2.34. The number of amides is 1. The van der Waals surface area contributed by atoms with Crippen molar-refractivity contribution in [1.82, 2.24) is 4.90 Å². The van der Waals surface area contributed by atoms with Crippen LogP contribution < -0.4 is 0 Å². The molecule has 1 amide bonds. The fourth-order valence-corrected chi connectivity index (χ4v) is 1.03. The maximum atomic E-state index is 10.7. The third kappa shape index (κ3) is 5.41. The van der Waals surface area contributed by atoms with Crippen molar-refractivity contribution in [3.63, 3.8) is 0 Å². The normalized spacial score (nSPS) is 11.0. The van der Waals surface area contributed by atoms with Gasteiger partial charge in [0.2, 0.25) is 3.79 Å². The van der Waals surface area contributed by atoms with Crippen LogP contribution in [-0.2, 0) is 4.74 Å². The van der Waals surface area contributed by atoms with E-state index in [0.29, 0.717) is 0 Å². The van der Waals surface area contributed by atoms with Gasteiger partial charge in [0.05, 0.1) is 13.7 Å². The fraction of sp³-hybridized carbons (Fsp3) is 0.800. The van der Waals surface area contributed by atoms with Crippen molar-refractivity contribution in [3.8, 4) is 0 Å². The predicted octanol–water partition coefficient (Wildman–Crippen LogP) is 2.05. The number of carbonyl (C=O) groups is 1. The van der Waals surface area contributed by atoms with Gasteiger partial charge < -0.3 is 9.64 Å². The molecule has 0 aromatic carbocycles. The lowest BCUT2D eigenvalue weighted by Gasteiger charge is -2.19. The molecule has 0 fully saturated rings. The van der Waals surface area contributed by atoms with Crippen LogP contribution in [0.2, 0.25) is 0 Å². The lowest BCUT2D eigenvalue weighted by molar-refractivity contribution is 0.134. The van der Waals surface area contributed by atoms with Crippen molar-refractivity contribution < 1.29 is 9.53 Å². The van der Waals surface area contributed by atoms with Crippen molar-refractivity contribution in [1.29, 1.82) is 0 Å². The molecule has 0 spiro atoms. The van der Waals surface area contributed by atoms with E-state index in [-0.39, 0.29) is 6.54 Å². The summed E-state index contributed by atoms with van der Waals surface area (Å²) in [6, 6.07) is 0. The van der Waals surface area contributed by atoms with Gasteiger partial charge in [0.1, 0.15) is 0 Å². The molecule has 0 aliphatic heterocycles. The molecule has 11 heavy (non-hydrogen) atoms. The third-order valence-corrected chi connectivity index (χ3v) is 1.26. The van der Waals surface area contributed by atoms with Gasteiger partial charge in [-0.15, -0.1) is 0 Å². The summed E-state index contributed by atoms with van der Waals surface area (Å²) in [5, 5.41) is 0. The van der Waals surface area contributed by atoms with Crippen molar-refractivity contribution >= 4 is 40.9 Å². The molecule has 6 heteroatoms. The first-order valence-electron chi connectivity index (χ1n) is 2.72. The molecule has 0 rings (SSSR count). The molecule has 0 radical (unpaired) electrons. The van der Waals surface area contributed by atoms with E-state index in [1.807, 2.05) is 0 Å². The fourth-order valence-electron chi connectivity index (χ4n) is 0.489. The van der Waals surface area contributed by atoms with Gasteiger partial charge >= 0.3 is 6.09 Å². The zero-order valence-electron chi connectivity index (χ0n) is 6.10. The molecule has 0 saturated heterocycles. The second kappa shape index (κ2) is 4.24. The van der Waals surface area contributed by atoms with E-state index >= 15 is 0 Å². The van der Waals surface area contributed by atoms with E-state index < -0.39 is 9.89 Å². The Kier molecular flexibility index (Phi) is 4.29. The number of halogens is 3. The van der Waals surface area contributed by atoms with Crippen LogP contribution in [0.5, 0.6) is 0 Å². The van der Waals surface area contributed by atoms with Gasteiger partial charge in [0.15, 0.2) is 0 Å². The Labute approximate surface area is 80.1 Å². The van der Waals surface area contributed by atoms with Crippen LogP contribution in [-0.4, -0.2) is 35.5 Å². The Morgan fingerprint density at radius 3 is 2.27 bits per heavy atom. The number of alkyl halides is 3. The zero-order chi connectivity index (χ0) is 9.07. The van der Waals surface area contributed by atoms with E-state index in [2.05, 4.69) is 4.74 Å². The highest BCUT2D eigenvalue weighted by molar-refractivity contribution is 6.67. The first-order chi connectivity index (χ1) is 4.87. The van der Waals surface area contributed by atoms with Crippen molar-refractivity contribution in [2.24, 2.45) is 0 Å². The van der Waals surface area contributed by atoms with E-state index in [1.54, 1.807) is 0 Å². The number of hydrogen-bond donors (Lipinski definition) is 0. The number of ether oxygens (including phenoxy) is 1. The van der Waals surface area contributed by atoms with E-state index in [0.717, 1.165) is 0 Å². The molecule has 0 heterocycles. The zero-order valence-corrected chi connectivity index (χ0v) is 8.37. The summed E-state index contributed by atoms with van der Waals surface area (Å²) in [6.45, 7) is 0.00431. The number of carbonyl (C=O) groups excluding carboxylic acids is 1. The van der Waals surface area contributed by atoms with Crippen LogP contribution in [0.15, 0.2) is 0 Å². The van der Waals surface area contributed by atoms with Gasteiger partial charge in [-0.05, 0) is 0 Å². The quantitative estimate of drug-likeness (QED) is 0.633. The van der Waals surface area contributed by atoms with Crippen molar-refractivity contribution in [3.05, 3.63) is 0 Å². The Morgan fingerprint density at radius 1 is 1.55 bits per heavy atom. The van der Waals surface area contributed by atoms with Crippen LogP contribution in [0.1, 0.15) is 0 Å². The summed E-state index contributed by atoms with van der Waals surface area (Å²) in [5.74, 6) is 0. The van der Waals surface area contributed by atoms with Crippen LogP contribution in [0, 0.1) is 0 Å². The average Bonchev–Trinajstić information content (AvgIpc) is 1.82. The Hall–Kier alpha value is 0.140. The first-order valence-corrected chi connectivity index (χ1v) is 3.86. The summed E-state index contributed by atoms with van der Waals surface area (Å²) in [7, 11) is 2.74. The largest absolute Gasteiger partial charge is 0.453 e. The lowest BCUT2D eigenvalue weighted by atomic mass is 10.6. The second-order valence-electron chi connectivity index (χ2n) is 1.94. The van der Waals surface area contributed by atoms with E-state index in [4.69, 9.17) is 34.8 Å². The van der Waals surface area contributed by atoms with Crippen LogP contribution in [0.4, 0.5) is 4.79 Å². The summed E-state index contributed by atoms with van der Waals surface area (Å²) in [5.41, 5.74) is 0. The summed E-state index contributed by atoms with van der Waals surface area (Å²) in [4.78, 5) is 11.9. The number of nitrogens with zero attached hydrogens (tertiary/aromatic N) is 1. The molecular weight excluding hydrogens is 212 g/mol. The maximum absolute atomic E-state index is 10.7. The molecule has 0 aliphatic rings. The predicted molar refractivity (Wildman–Crippen MR) is 45.3 cm³/mol. The molecule has 0 aliphatic carbocycles. The standard InChI is InChI=1S/C5H8Cl3NO2/c1-9(4(10)11-2)3-5(6,7)8/h3H2,1-2H3. The Bertz CT molecular complexity index is 145. The smallest absolute Gasteiger partial charge is 0.409 e. The van der Waals surface area contributed by atoms with Gasteiger partial charge in [-0.3, -0.25) is 0 Å². The topological polar surface area (TPSA) is 29.5 Å². The third-order valence-electron chi connectivity index (χ3n) is 0.903. The van der Waals surface area contributed by atoms with Gasteiger partial charge in [-0.25, -0.2) is 4.79 Å². The first kappa shape index (κ1) is 11.1. The summed E-state index contributed by atoms with van der Waals surface area (Å²) < 4.78 is 2.91. The minimum Gasteiger partial charge on any atom is -0.453 e. The van der Waals surface area contributed by atoms with Gasteiger partial charge in [-0.1, -0.05) is 34.8 Å². The number of rotatable bonds is 1. The van der Waals surface area contributed by atoms with Gasteiger partial charge in [0.25, 0.3) is 0 Å². The molecule has 0 atom stereocenters. The van der Waals surface area contributed by atoms with Crippen molar-refractivity contribution in [2.75, 3.05) is 20.7 Å². The number of methoxy groups -OCH3 is 1. The molecule has 0 unspecified atom stereocenters. The van der Waals surface area contributed by atoms with Crippen molar-refractivity contribution in [2.45, 2.75) is 3.79 Å². The molecule has 0 bridgehead atoms. The second-order valence-corrected chi connectivity index (χ2v) is 4.46. The molecular formula is C5H8Cl3NO2. The van der Waals surface area contributed by atoms with E-state index in [9.17, 15) is 4.79 Å². The monoisotopic (exact) mass is 219 g/mol. The molecule has 0 aromatic heterocycles. The van der Waals surface area contributed by atoms with Crippen LogP contribution in [0.25, 0.3) is 0 Å². The molecule has 66 valence electrons. The SMILES string of the molecule is COC(=O)N(C)CC(Cl)(Cl)Cl. The highest BCUT2D eigenvalue weighted by Gasteiger charge is 2.24. The molecule has 0 aromatic rings. The van der Waals surface area contributed by atoms with E-state index in [1.165, 1.54) is 19.1 Å². The maximum Gasteiger partial charge on any atom is 0.409 e. The molecule has 3 nitrogen and oxygen atoms in total. The van der Waals surface area contributed by atoms with Gasteiger partial charge in [0, 0.05) is 7.05 Å². The Balaban J connectivity index is 3.87. The summed E-state index contributed by atoms with van der Waals surface area (Å²) in [6.07, 6.45) is -0.531. The minimum atomic E-state index is -1.46. The average molecular weight is 220 g/mol. The highest BCUT2D eigenvalue weighted by atomic mass is 35.6. The Morgan fingerprint density at radius 2 is 2.00 bits per heavy atom. The summed E-state index contributed by atoms with van der Waals surface area (Å²) >= 11 is 16.2. The van der Waals surface area contributed by atoms with Crippen LogP contribution >= 0.6 is 34.8 Å². The number of hydrogen-bond acceptors (Lipinski definition) is 2. The molecule has 0 N–H and O–H groups in total. The minimum absolute atomic E-state index is 0.00431. The van der Waals surface area contributed by atoms with Gasteiger partial charge in [-0.2, -0.15) is 0 Å².